The highest BCUT2D eigenvalue weighted by Crippen LogP contribution is 2.61. The Morgan fingerprint density at radius 1 is 1.06 bits per heavy atom. The number of thioether (sulfide) groups is 2. The Morgan fingerprint density at radius 3 is 2.52 bits per heavy atom. The topological polar surface area (TPSA) is 405 Å². The molecule has 12 N–H and O–H groups in total. The van der Waals surface area contributed by atoms with Gasteiger partial charge < -0.3 is 61.5 Å². The van der Waals surface area contributed by atoms with Crippen LogP contribution in [0.5, 0.6) is 0 Å². The standard InChI is InChI=1S/C31H50N9O18P3S2/c1-31(2,25(44)28(45)34-8-7-19(41)33-9-10-62-20(42)6-4-3-5-18-21-16(12-63-18)38-30(46)39-21)13-55-61(52,53)58-60(50,51)54-11-17-24(57-59(47,48)49)23(43)29(56-17)40-15-37-22-26(32)35-14-36-27(22)40/h14-18,21,23-25,29,43-44H,3-13H2,1-2H3,(H,33,41)(H,34,45)(H,50,51)(H,52,53)(H2,32,35,36)(H2,38,39,46)(H2,47,48,49)/t16-,17+,18-,21-,23+,24+,25?,29+/m0/s1. The summed E-state index contributed by atoms with van der Waals surface area (Å²) < 4.78 is 62.3. The summed E-state index contributed by atoms with van der Waals surface area (Å²) in [5, 5.41) is 32.7. The maximum absolute atomic E-state index is 12.7. The minimum atomic E-state index is -5.58. The molecule has 3 unspecified atom stereocenters. The third-order valence-electron chi connectivity index (χ3n) is 9.82. The van der Waals surface area contributed by atoms with Crippen LogP contribution in [0.3, 0.4) is 0 Å². The van der Waals surface area contributed by atoms with Crippen LogP contribution in [0.1, 0.15) is 52.2 Å². The third-order valence-corrected chi connectivity index (χ3v) is 15.4. The molecule has 0 radical (unpaired) electrons. The maximum atomic E-state index is 12.7. The Kier molecular flexibility index (Phi) is 17.6. The molecule has 354 valence electrons. The molecule has 2 aromatic heterocycles. The van der Waals surface area contributed by atoms with Crippen LogP contribution in [-0.4, -0.2) is 152 Å². The normalized spacial score (nSPS) is 26.0. The SMILES string of the molecule is CC(C)(COP(=O)(O)OP(=O)(O)OC[C@H]1O[C@@H](n2cnc3c(N)ncnc32)[C@H](O)[C@@H]1OP(=O)(O)O)C(O)C(=O)NCCC(=O)NCCSC(=O)CCCC[C@@H]1SC[C@@H]2NC(=O)N[C@@H]21. The fraction of sp³-hybridized carbons (Fsp3) is 0.710. The van der Waals surface area contributed by atoms with Crippen LogP contribution in [0.2, 0.25) is 0 Å². The molecule has 32 heteroatoms. The summed E-state index contributed by atoms with van der Waals surface area (Å²) in [5.74, 6) is -0.262. The van der Waals surface area contributed by atoms with E-state index < -0.39 is 84.6 Å². The number of aromatic nitrogens is 4. The number of carbonyl (C=O) groups excluding carboxylic acids is 4. The molecule has 0 aromatic carbocycles. The van der Waals surface area contributed by atoms with E-state index in [0.717, 1.165) is 47.6 Å². The molecule has 5 rings (SSSR count). The highest BCUT2D eigenvalue weighted by atomic mass is 32.2. The molecule has 0 saturated carbocycles. The largest absolute Gasteiger partial charge is 0.481 e. The number of imidazole rings is 1. The highest BCUT2D eigenvalue weighted by Gasteiger charge is 2.50. The molecule has 3 aliphatic heterocycles. The third kappa shape index (κ3) is 14.6. The lowest BCUT2D eigenvalue weighted by Crippen LogP contribution is -2.46. The fourth-order valence-electron chi connectivity index (χ4n) is 6.63. The quantitative estimate of drug-likeness (QED) is 0.0355. The predicted octanol–water partition coefficient (Wildman–Crippen LogP) is -0.609. The van der Waals surface area contributed by atoms with Crippen molar-refractivity contribution in [3.63, 3.8) is 0 Å². The van der Waals surface area contributed by atoms with Crippen molar-refractivity contribution in [3.8, 4) is 0 Å². The summed E-state index contributed by atoms with van der Waals surface area (Å²) in [5.41, 5.74) is 4.25. The molecule has 3 saturated heterocycles. The van der Waals surface area contributed by atoms with Gasteiger partial charge in [0.25, 0.3) is 0 Å². The Morgan fingerprint density at radius 2 is 1.79 bits per heavy atom. The lowest BCUT2D eigenvalue weighted by Gasteiger charge is -2.30. The highest BCUT2D eigenvalue weighted by molar-refractivity contribution is 8.13. The predicted molar refractivity (Wildman–Crippen MR) is 221 cm³/mol. The first-order chi connectivity index (χ1) is 29.4. The molecule has 10 atom stereocenters. The molecule has 27 nitrogen and oxygen atoms in total. The number of ether oxygens (including phenoxy) is 1. The van der Waals surface area contributed by atoms with Gasteiger partial charge in [-0.2, -0.15) is 16.1 Å². The number of unbranched alkanes of at least 4 members (excludes halogenated alkanes) is 1. The van der Waals surface area contributed by atoms with Gasteiger partial charge in [0.2, 0.25) is 11.8 Å². The molecule has 3 aliphatic rings. The van der Waals surface area contributed by atoms with Crippen molar-refractivity contribution in [1.29, 1.82) is 0 Å². The van der Waals surface area contributed by atoms with Gasteiger partial charge in [-0.15, -0.1) is 0 Å². The van der Waals surface area contributed by atoms with E-state index in [2.05, 4.69) is 45.1 Å². The number of phosphoric acid groups is 3. The van der Waals surface area contributed by atoms with Gasteiger partial charge in [-0.3, -0.25) is 32.5 Å². The number of urea groups is 1. The van der Waals surface area contributed by atoms with Crippen LogP contribution in [0.15, 0.2) is 12.7 Å². The number of nitrogens with zero attached hydrogens (tertiary/aromatic N) is 4. The van der Waals surface area contributed by atoms with Gasteiger partial charge in [-0.1, -0.05) is 32.0 Å². The number of nitrogens with two attached hydrogens (primary N) is 1. The second-order valence-corrected chi connectivity index (χ2v) is 21.8. The monoisotopic (exact) mass is 993 g/mol. The van der Waals surface area contributed by atoms with E-state index in [9.17, 15) is 62.7 Å². The average molecular weight is 994 g/mol. The number of phosphoric ester groups is 3. The van der Waals surface area contributed by atoms with Gasteiger partial charge in [-0.05, 0) is 12.8 Å². The van der Waals surface area contributed by atoms with Gasteiger partial charge >= 0.3 is 29.5 Å². The molecule has 3 fully saturated rings. The lowest BCUT2D eigenvalue weighted by molar-refractivity contribution is -0.137. The van der Waals surface area contributed by atoms with E-state index in [1.165, 1.54) is 13.8 Å². The van der Waals surface area contributed by atoms with Crippen LogP contribution in [0.4, 0.5) is 10.6 Å². The van der Waals surface area contributed by atoms with Gasteiger partial charge in [0.15, 0.2) is 22.8 Å². The number of hydrogen-bond acceptors (Lipinski definition) is 20. The van der Waals surface area contributed by atoms with E-state index in [4.69, 9.17) is 19.5 Å². The molecular weight excluding hydrogens is 943 g/mol. The van der Waals surface area contributed by atoms with Crippen molar-refractivity contribution < 1.29 is 85.3 Å². The number of nitrogens with one attached hydrogen (secondary N) is 4. The zero-order chi connectivity index (χ0) is 46.3. The van der Waals surface area contributed by atoms with Gasteiger partial charge in [0.1, 0.15) is 36.3 Å². The summed E-state index contributed by atoms with van der Waals surface area (Å²) in [6, 6.07) is 0.132. The number of rotatable bonds is 24. The van der Waals surface area contributed by atoms with Gasteiger partial charge in [0.05, 0.1) is 31.6 Å². The molecule has 0 aliphatic carbocycles. The number of amides is 4. The molecule has 2 aromatic rings. The Hall–Kier alpha value is -2.82. The molecular formula is C31H50N9O18P3S2. The van der Waals surface area contributed by atoms with E-state index in [-0.39, 0.29) is 59.7 Å². The second-order valence-electron chi connectivity index (χ2n) is 15.2. The maximum Gasteiger partial charge on any atom is 0.481 e. The van der Waals surface area contributed by atoms with Crippen LogP contribution < -0.4 is 27.0 Å². The van der Waals surface area contributed by atoms with Crippen LogP contribution >= 0.6 is 47.0 Å². The number of hydrogen-bond donors (Lipinski definition) is 11. The lowest BCUT2D eigenvalue weighted by atomic mass is 9.87. The average Bonchev–Trinajstić information content (AvgIpc) is 3.96. The Labute approximate surface area is 367 Å². The first-order valence-electron chi connectivity index (χ1n) is 19.2. The van der Waals surface area contributed by atoms with Gasteiger partial charge in [0, 0.05) is 48.1 Å². The van der Waals surface area contributed by atoms with Crippen LogP contribution in [0, 0.1) is 5.41 Å². The van der Waals surface area contributed by atoms with E-state index >= 15 is 0 Å². The van der Waals surface area contributed by atoms with E-state index in [1.807, 2.05) is 11.8 Å². The molecule has 63 heavy (non-hydrogen) atoms. The smallest absolute Gasteiger partial charge is 0.386 e. The minimum Gasteiger partial charge on any atom is -0.386 e. The van der Waals surface area contributed by atoms with Crippen LogP contribution in [0.25, 0.3) is 11.2 Å². The summed E-state index contributed by atoms with van der Waals surface area (Å²) in [4.78, 5) is 99.8. The van der Waals surface area contributed by atoms with Crippen molar-refractivity contribution in [1.82, 2.24) is 40.8 Å². The minimum absolute atomic E-state index is 0.00559. The van der Waals surface area contributed by atoms with Gasteiger partial charge in [-0.25, -0.2) is 33.4 Å². The summed E-state index contributed by atoms with van der Waals surface area (Å²) >= 11 is 2.91. The number of aliphatic hydroxyl groups excluding tert-OH is 2. The zero-order valence-electron chi connectivity index (χ0n) is 33.7. The molecule has 4 amide bonds. The number of fused-ring (bicyclic) bond motifs is 2. The number of carbonyl (C=O) groups is 4. The summed E-state index contributed by atoms with van der Waals surface area (Å²) in [7, 11) is -16.4. The van der Waals surface area contributed by atoms with Crippen LogP contribution in [-0.2, 0) is 50.7 Å². The summed E-state index contributed by atoms with van der Waals surface area (Å²) in [6.07, 6.45) is -4.12. The van der Waals surface area contributed by atoms with Crippen molar-refractivity contribution in [2.45, 2.75) is 93.9 Å². The molecule has 0 bridgehead atoms. The van der Waals surface area contributed by atoms with Crippen molar-refractivity contribution in [2.75, 3.05) is 43.5 Å². The fourth-order valence-corrected chi connectivity index (χ4v) is 11.7. The van der Waals surface area contributed by atoms with Crippen molar-refractivity contribution in [3.05, 3.63) is 12.7 Å². The molecule has 0 spiro atoms. The first kappa shape index (κ1) is 51.2. The van der Waals surface area contributed by atoms with Crippen molar-refractivity contribution >= 4 is 86.9 Å². The second kappa shape index (κ2) is 21.7. The number of nitrogen functional groups attached to an aromatic ring is 1. The Bertz CT molecular complexity index is 2120. The van der Waals surface area contributed by atoms with E-state index in [0.29, 0.717) is 23.8 Å². The zero-order valence-corrected chi connectivity index (χ0v) is 38.0. The summed E-state index contributed by atoms with van der Waals surface area (Å²) in [6.45, 7) is 0.455. The number of aliphatic hydroxyl groups is 2. The Balaban J connectivity index is 0.979. The van der Waals surface area contributed by atoms with E-state index in [1.54, 1.807) is 0 Å². The van der Waals surface area contributed by atoms with Crippen molar-refractivity contribution in [2.24, 2.45) is 5.41 Å². The molecule has 5 heterocycles. The number of anilines is 1. The first-order valence-corrected chi connectivity index (χ1v) is 25.7.